The van der Waals surface area contributed by atoms with Crippen LogP contribution in [0.3, 0.4) is 0 Å². The van der Waals surface area contributed by atoms with E-state index in [2.05, 4.69) is 103 Å². The molecule has 0 amide bonds. The van der Waals surface area contributed by atoms with Crippen LogP contribution >= 0.6 is 18.9 Å². The Morgan fingerprint density at radius 3 is 1.22 bits per heavy atom. The summed E-state index contributed by atoms with van der Waals surface area (Å²) in [7, 11) is -2.23. The quantitative estimate of drug-likeness (QED) is 0.392. The SMILES string of the molecule is Clc1ccc(C[PH](c2ccccc2)(c2ccccc2)c2ccccc2)cc1. The summed E-state index contributed by atoms with van der Waals surface area (Å²) in [4.78, 5) is 0. The van der Waals surface area contributed by atoms with Crippen molar-refractivity contribution in [3.63, 3.8) is 0 Å². The van der Waals surface area contributed by atoms with Gasteiger partial charge in [0.2, 0.25) is 0 Å². The Labute approximate surface area is 166 Å². The van der Waals surface area contributed by atoms with Gasteiger partial charge in [-0.3, -0.25) is 0 Å². The Bertz CT molecular complexity index is 884. The van der Waals surface area contributed by atoms with Crippen LogP contribution in [-0.4, -0.2) is 0 Å². The van der Waals surface area contributed by atoms with Gasteiger partial charge in [0, 0.05) is 0 Å². The fraction of sp³-hybridized carbons (Fsp3) is 0.0400. The van der Waals surface area contributed by atoms with Gasteiger partial charge in [0.1, 0.15) is 0 Å². The molecule has 0 aliphatic rings. The Balaban J connectivity index is 1.98. The van der Waals surface area contributed by atoms with E-state index in [9.17, 15) is 0 Å². The average Bonchev–Trinajstić information content (AvgIpc) is 2.75. The molecule has 4 aromatic carbocycles. The van der Waals surface area contributed by atoms with E-state index in [-0.39, 0.29) is 0 Å². The second-order valence-electron chi connectivity index (χ2n) is 6.81. The summed E-state index contributed by atoms with van der Waals surface area (Å²) in [6.45, 7) is 0. The predicted octanol–water partition coefficient (Wildman–Crippen LogP) is 5.57. The van der Waals surface area contributed by atoms with Gasteiger partial charge in [-0.25, -0.2) is 0 Å². The van der Waals surface area contributed by atoms with Gasteiger partial charge in [-0.1, -0.05) is 0 Å². The molecule has 0 spiro atoms. The third-order valence-corrected chi connectivity index (χ3v) is 10.3. The maximum atomic E-state index is 6.15. The molecular weight excluding hydrogens is 367 g/mol. The van der Waals surface area contributed by atoms with Crippen molar-refractivity contribution in [1.82, 2.24) is 0 Å². The van der Waals surface area contributed by atoms with Crippen molar-refractivity contribution in [3.05, 3.63) is 126 Å². The van der Waals surface area contributed by atoms with E-state index in [0.29, 0.717) is 0 Å². The molecule has 0 bridgehead atoms. The van der Waals surface area contributed by atoms with Crippen LogP contribution in [-0.2, 0) is 6.16 Å². The molecule has 0 unspecified atom stereocenters. The fourth-order valence-corrected chi connectivity index (χ4v) is 8.75. The van der Waals surface area contributed by atoms with Crippen molar-refractivity contribution in [1.29, 1.82) is 0 Å². The molecule has 0 nitrogen and oxygen atoms in total. The number of benzene rings is 4. The number of hydrogen-bond donors (Lipinski definition) is 0. The van der Waals surface area contributed by atoms with Gasteiger partial charge in [0.15, 0.2) is 0 Å². The number of rotatable bonds is 5. The molecule has 4 rings (SSSR count). The van der Waals surface area contributed by atoms with Crippen LogP contribution in [0.5, 0.6) is 0 Å². The summed E-state index contributed by atoms with van der Waals surface area (Å²) in [5.74, 6) is 0. The third-order valence-electron chi connectivity index (χ3n) is 5.18. The molecule has 0 aliphatic carbocycles. The first-order chi connectivity index (χ1) is 13.3. The molecular formula is C25H22ClP. The van der Waals surface area contributed by atoms with Crippen molar-refractivity contribution in [2.24, 2.45) is 0 Å². The molecule has 0 atom stereocenters. The van der Waals surface area contributed by atoms with Crippen LogP contribution in [0.25, 0.3) is 0 Å². The van der Waals surface area contributed by atoms with E-state index in [0.717, 1.165) is 11.2 Å². The van der Waals surface area contributed by atoms with Gasteiger partial charge >= 0.3 is 167 Å². The Morgan fingerprint density at radius 1 is 0.481 bits per heavy atom. The second kappa shape index (κ2) is 8.09. The van der Waals surface area contributed by atoms with Gasteiger partial charge in [-0.2, -0.15) is 0 Å². The van der Waals surface area contributed by atoms with E-state index in [4.69, 9.17) is 11.6 Å². The van der Waals surface area contributed by atoms with Gasteiger partial charge in [0.05, 0.1) is 0 Å². The van der Waals surface area contributed by atoms with Gasteiger partial charge in [-0.05, 0) is 0 Å². The monoisotopic (exact) mass is 388 g/mol. The molecule has 0 aliphatic heterocycles. The summed E-state index contributed by atoms with van der Waals surface area (Å²) < 4.78 is 0. The zero-order valence-corrected chi connectivity index (χ0v) is 16.8. The van der Waals surface area contributed by atoms with Crippen molar-refractivity contribution < 1.29 is 0 Å². The summed E-state index contributed by atoms with van der Waals surface area (Å²) in [6.07, 6.45) is 1.00. The van der Waals surface area contributed by atoms with Crippen molar-refractivity contribution in [3.8, 4) is 0 Å². The molecule has 4 aromatic rings. The van der Waals surface area contributed by atoms with E-state index in [1.165, 1.54) is 21.5 Å². The molecule has 0 saturated carbocycles. The van der Waals surface area contributed by atoms with Crippen LogP contribution in [0.15, 0.2) is 115 Å². The standard InChI is InChI=1S/C25H22ClP/c26-22-18-16-21(17-19-22)20-27(23-10-4-1-5-11-23,24-12-6-2-7-13-24)25-14-8-3-9-15-25/h1-19,27H,20H2. The van der Waals surface area contributed by atoms with E-state index in [1.54, 1.807) is 0 Å². The molecule has 2 heteroatoms. The summed E-state index contributed by atoms with van der Waals surface area (Å²) in [6, 6.07) is 41.3. The minimum atomic E-state index is -2.23. The summed E-state index contributed by atoms with van der Waals surface area (Å²) in [5.41, 5.74) is 1.32. The first-order valence-electron chi connectivity index (χ1n) is 9.20. The minimum absolute atomic E-state index is 0.783. The Morgan fingerprint density at radius 2 is 0.852 bits per heavy atom. The zero-order chi connectivity index (χ0) is 18.5. The maximum absolute atomic E-state index is 6.15. The molecule has 0 N–H and O–H groups in total. The number of halogens is 1. The van der Waals surface area contributed by atoms with Crippen LogP contribution in [0, 0.1) is 0 Å². The summed E-state index contributed by atoms with van der Waals surface area (Å²) >= 11 is 6.15. The van der Waals surface area contributed by atoms with Crippen LogP contribution < -0.4 is 15.9 Å². The topological polar surface area (TPSA) is 0 Å². The van der Waals surface area contributed by atoms with Crippen molar-refractivity contribution in [2.45, 2.75) is 6.16 Å². The van der Waals surface area contributed by atoms with Gasteiger partial charge < -0.3 is 0 Å². The predicted molar refractivity (Wildman–Crippen MR) is 122 cm³/mol. The van der Waals surface area contributed by atoms with Crippen LogP contribution in [0.4, 0.5) is 0 Å². The van der Waals surface area contributed by atoms with E-state index in [1.807, 2.05) is 12.1 Å². The summed E-state index contributed by atoms with van der Waals surface area (Å²) in [5, 5.41) is 5.07. The van der Waals surface area contributed by atoms with E-state index >= 15 is 0 Å². The van der Waals surface area contributed by atoms with E-state index < -0.39 is 7.26 Å². The molecule has 134 valence electrons. The average molecular weight is 389 g/mol. The molecule has 27 heavy (non-hydrogen) atoms. The first-order valence-corrected chi connectivity index (χ1v) is 11.8. The fourth-order valence-electron chi connectivity index (χ4n) is 3.88. The van der Waals surface area contributed by atoms with Crippen LogP contribution in [0.2, 0.25) is 5.02 Å². The van der Waals surface area contributed by atoms with Crippen molar-refractivity contribution in [2.75, 3.05) is 0 Å². The third kappa shape index (κ3) is 3.69. The second-order valence-corrected chi connectivity index (χ2v) is 11.1. The molecule has 0 heterocycles. The van der Waals surface area contributed by atoms with Crippen molar-refractivity contribution >= 4 is 34.8 Å². The Hall–Kier alpha value is -2.40. The van der Waals surface area contributed by atoms with Gasteiger partial charge in [0.25, 0.3) is 0 Å². The molecule has 0 radical (unpaired) electrons. The van der Waals surface area contributed by atoms with Gasteiger partial charge in [-0.15, -0.1) is 0 Å². The number of hydrogen-bond acceptors (Lipinski definition) is 0. The molecule has 0 saturated heterocycles. The van der Waals surface area contributed by atoms with Crippen LogP contribution in [0.1, 0.15) is 5.56 Å². The molecule has 0 fully saturated rings. The zero-order valence-electron chi connectivity index (χ0n) is 15.1. The Kier molecular flexibility index (Phi) is 5.39. The molecule has 0 aromatic heterocycles. The normalized spacial score (nSPS) is 11.9. The first kappa shape index (κ1) is 18.0.